The minimum atomic E-state index is -4.81. The first-order chi connectivity index (χ1) is 29.2. The molecule has 4 aliphatic rings. The maximum Gasteiger partial charge on any atom is 0.417 e. The summed E-state index contributed by atoms with van der Waals surface area (Å²) in [4.78, 5) is 57.1. The molecular formula is C42H47F6N9O4S. The number of aryl methyl sites for hydroxylation is 1. The molecule has 3 aliphatic heterocycles. The summed E-state index contributed by atoms with van der Waals surface area (Å²) in [5, 5.41) is 19.5. The van der Waals surface area contributed by atoms with Gasteiger partial charge >= 0.3 is 12.4 Å². The Morgan fingerprint density at radius 1 is 1.03 bits per heavy atom. The predicted molar refractivity (Wildman–Crippen MR) is 219 cm³/mol. The van der Waals surface area contributed by atoms with Crippen LogP contribution in [0.1, 0.15) is 88.0 Å². The Morgan fingerprint density at radius 2 is 1.76 bits per heavy atom. The third kappa shape index (κ3) is 8.89. The molecule has 2 unspecified atom stereocenters. The number of aromatic nitrogens is 2. The largest absolute Gasteiger partial charge is 0.417 e. The summed E-state index contributed by atoms with van der Waals surface area (Å²) in [7, 11) is 1.64. The van der Waals surface area contributed by atoms with Gasteiger partial charge in [-0.3, -0.25) is 39.0 Å². The number of nitriles is 1. The molecule has 1 aromatic heterocycles. The van der Waals surface area contributed by atoms with Crippen LogP contribution in [-0.4, -0.2) is 110 Å². The number of nitrogens with one attached hydrogen (secondary N) is 2. The molecule has 2 atom stereocenters. The highest BCUT2D eigenvalue weighted by atomic mass is 32.1. The van der Waals surface area contributed by atoms with E-state index in [1.807, 2.05) is 4.90 Å². The van der Waals surface area contributed by atoms with E-state index in [-0.39, 0.29) is 54.6 Å². The SMILES string of the molecule is Cn1nc(C2CCC(=O)NC2=O)c2cccc(NC(=O)CN3CCN(CCC[C@H]4CC[C@H](N5C(=S)N(c6ccc(C#N)c(C(F)(F)F)c6)C(=O)C5(C)C)CC4)CC3C(F)(F)F)c21. The number of anilines is 2. The predicted octanol–water partition coefficient (Wildman–Crippen LogP) is 6.22. The Morgan fingerprint density at radius 3 is 2.42 bits per heavy atom. The number of alkyl halides is 6. The van der Waals surface area contributed by atoms with Crippen LogP contribution in [0.2, 0.25) is 0 Å². The number of hydrogen-bond acceptors (Lipinski definition) is 9. The van der Waals surface area contributed by atoms with Gasteiger partial charge in [-0.15, -0.1) is 0 Å². The molecule has 0 bridgehead atoms. The zero-order valence-electron chi connectivity index (χ0n) is 34.4. The van der Waals surface area contributed by atoms with Crippen LogP contribution in [0, 0.1) is 17.2 Å². The number of nitrogens with zero attached hydrogens (tertiary/aromatic N) is 7. The van der Waals surface area contributed by atoms with Crippen molar-refractivity contribution in [3.05, 3.63) is 53.2 Å². The molecule has 0 radical (unpaired) electrons. The van der Waals surface area contributed by atoms with Gasteiger partial charge in [-0.25, -0.2) is 0 Å². The molecule has 4 heterocycles. The van der Waals surface area contributed by atoms with Crippen LogP contribution in [-0.2, 0) is 32.4 Å². The summed E-state index contributed by atoms with van der Waals surface area (Å²) in [6.45, 7) is 3.42. The first-order valence-electron chi connectivity index (χ1n) is 20.6. The fourth-order valence-electron chi connectivity index (χ4n) is 9.58. The van der Waals surface area contributed by atoms with Crippen LogP contribution in [0.25, 0.3) is 10.9 Å². The third-order valence-corrected chi connectivity index (χ3v) is 13.1. The molecule has 332 valence electrons. The Labute approximate surface area is 359 Å². The molecule has 1 aliphatic carbocycles. The first kappa shape index (κ1) is 44.9. The maximum atomic E-state index is 14.5. The van der Waals surface area contributed by atoms with Gasteiger partial charge in [-0.05, 0) is 108 Å². The summed E-state index contributed by atoms with van der Waals surface area (Å²) in [5.41, 5.74) is -1.61. The molecular weight excluding hydrogens is 841 g/mol. The number of carbonyl (C=O) groups excluding carboxylic acids is 4. The smallest absolute Gasteiger partial charge is 0.331 e. The second kappa shape index (κ2) is 17.2. The van der Waals surface area contributed by atoms with Crippen LogP contribution in [0.4, 0.5) is 37.7 Å². The lowest BCUT2D eigenvalue weighted by atomic mass is 9.82. The number of para-hydroxylation sites is 1. The van der Waals surface area contributed by atoms with E-state index in [0.717, 1.165) is 41.2 Å². The van der Waals surface area contributed by atoms with Gasteiger partial charge in [-0.2, -0.15) is 36.7 Å². The lowest BCUT2D eigenvalue weighted by Crippen LogP contribution is -2.60. The van der Waals surface area contributed by atoms with Crippen molar-refractivity contribution in [2.75, 3.05) is 42.9 Å². The molecule has 2 N–H and O–H groups in total. The number of hydrogen-bond donors (Lipinski definition) is 2. The van der Waals surface area contributed by atoms with Crippen molar-refractivity contribution in [2.45, 2.75) is 101 Å². The van der Waals surface area contributed by atoms with Crippen molar-refractivity contribution in [3.8, 4) is 6.07 Å². The Hall–Kier alpha value is -5.13. The van der Waals surface area contributed by atoms with Crippen molar-refractivity contribution < 1.29 is 45.5 Å². The minimum Gasteiger partial charge on any atom is -0.331 e. The van der Waals surface area contributed by atoms with Crippen LogP contribution < -0.4 is 15.5 Å². The number of halogens is 6. The van der Waals surface area contributed by atoms with E-state index in [1.165, 1.54) is 10.7 Å². The van der Waals surface area contributed by atoms with E-state index < -0.39 is 65.2 Å². The molecule has 3 saturated heterocycles. The zero-order chi connectivity index (χ0) is 44.9. The highest BCUT2D eigenvalue weighted by Gasteiger charge is 2.53. The average Bonchev–Trinajstić information content (AvgIpc) is 3.63. The molecule has 62 heavy (non-hydrogen) atoms. The lowest BCUT2D eigenvalue weighted by Gasteiger charge is -2.42. The number of carbonyl (C=O) groups is 4. The molecule has 13 nitrogen and oxygen atoms in total. The number of thiocarbonyl (C=S) groups is 1. The molecule has 4 amide bonds. The van der Waals surface area contributed by atoms with E-state index in [1.54, 1.807) is 50.1 Å². The van der Waals surface area contributed by atoms with Crippen molar-refractivity contribution in [3.63, 3.8) is 0 Å². The molecule has 3 aromatic rings. The highest BCUT2D eigenvalue weighted by molar-refractivity contribution is 7.80. The number of rotatable bonds is 10. The van der Waals surface area contributed by atoms with Gasteiger partial charge in [-0.1, -0.05) is 12.1 Å². The van der Waals surface area contributed by atoms with Crippen molar-refractivity contribution >= 4 is 63.2 Å². The number of fused-ring (bicyclic) bond motifs is 1. The maximum absolute atomic E-state index is 14.5. The van der Waals surface area contributed by atoms with E-state index >= 15 is 0 Å². The van der Waals surface area contributed by atoms with E-state index in [4.69, 9.17) is 12.2 Å². The van der Waals surface area contributed by atoms with Gasteiger partial charge in [0, 0.05) is 44.5 Å². The minimum absolute atomic E-state index is 0.0273. The normalized spacial score (nSPS) is 24.1. The molecule has 4 fully saturated rings. The van der Waals surface area contributed by atoms with Gasteiger partial charge in [0.2, 0.25) is 17.7 Å². The van der Waals surface area contributed by atoms with E-state index in [0.29, 0.717) is 54.6 Å². The van der Waals surface area contributed by atoms with Gasteiger partial charge in [0.05, 0.1) is 52.2 Å². The standard InChI is InChI=1S/C42H47F6N9O4S/c1-40(2)38(61)56(27-14-11-25(21-49)30(20-27)41(43,44)45)39(62)57(40)26-12-9-24(10-13-26)6-5-17-54-18-19-55(32(22-54)42(46,47)48)23-34(59)50-31-8-4-7-28-35(52-53(3)36(28)31)29-15-16-33(58)51-37(29)60/h4,7-8,11,14,20,24,26,29,32H,5-6,9-10,12-13,15-19,22-23H2,1-3H3,(H,50,59)(H,51,58,60)/t24-,26-,29?,32?. The zero-order valence-corrected chi connectivity index (χ0v) is 35.2. The van der Waals surface area contributed by atoms with Crippen LogP contribution >= 0.6 is 12.2 Å². The summed E-state index contributed by atoms with van der Waals surface area (Å²) in [5.74, 6) is -2.29. The van der Waals surface area contributed by atoms with Crippen LogP contribution in [0.5, 0.6) is 0 Å². The number of benzene rings is 2. The van der Waals surface area contributed by atoms with Crippen LogP contribution in [0.3, 0.4) is 0 Å². The second-order valence-electron chi connectivity index (χ2n) is 17.1. The summed E-state index contributed by atoms with van der Waals surface area (Å²) >= 11 is 5.72. The monoisotopic (exact) mass is 887 g/mol. The fraction of sp³-hybridized carbons (Fsp3) is 0.548. The Balaban J connectivity index is 0.910. The molecule has 20 heteroatoms. The molecule has 1 saturated carbocycles. The molecule has 2 aromatic carbocycles. The van der Waals surface area contributed by atoms with E-state index in [9.17, 15) is 50.8 Å². The fourth-order valence-corrected chi connectivity index (χ4v) is 10.1. The number of piperidine rings is 1. The van der Waals surface area contributed by atoms with Crippen molar-refractivity contribution in [1.82, 2.24) is 29.8 Å². The summed E-state index contributed by atoms with van der Waals surface area (Å²) < 4.78 is 86.2. The van der Waals surface area contributed by atoms with Gasteiger partial charge < -0.3 is 15.1 Å². The summed E-state index contributed by atoms with van der Waals surface area (Å²) in [6.07, 6.45) is -4.61. The van der Waals surface area contributed by atoms with Gasteiger partial charge in [0.15, 0.2) is 5.11 Å². The molecule has 7 rings (SSSR count). The second-order valence-corrected chi connectivity index (χ2v) is 17.5. The topological polar surface area (TPSA) is 147 Å². The Kier molecular flexibility index (Phi) is 12.5. The molecule has 0 spiro atoms. The average molecular weight is 888 g/mol. The number of imide groups is 1. The van der Waals surface area contributed by atoms with E-state index in [2.05, 4.69) is 15.7 Å². The summed E-state index contributed by atoms with van der Waals surface area (Å²) in [6, 6.07) is 7.68. The van der Waals surface area contributed by atoms with Crippen LogP contribution in [0.15, 0.2) is 36.4 Å². The first-order valence-corrected chi connectivity index (χ1v) is 21.0. The lowest BCUT2D eigenvalue weighted by molar-refractivity contribution is -0.197. The Bertz CT molecular complexity index is 2320. The third-order valence-electron chi connectivity index (χ3n) is 12.7. The highest BCUT2D eigenvalue weighted by Crippen LogP contribution is 2.42. The number of piperazine rings is 1. The van der Waals surface area contributed by atoms with Crippen molar-refractivity contribution in [2.24, 2.45) is 13.0 Å². The van der Waals surface area contributed by atoms with Crippen molar-refractivity contribution in [1.29, 1.82) is 5.26 Å². The quantitative estimate of drug-likeness (QED) is 0.137. The van der Waals surface area contributed by atoms with Gasteiger partial charge in [0.1, 0.15) is 11.6 Å². The van der Waals surface area contributed by atoms with Gasteiger partial charge in [0.25, 0.3) is 5.91 Å². The number of amides is 4.